The largest absolute Gasteiger partial charge is 0.318 e. The molecule has 2 N–H and O–H groups in total. The summed E-state index contributed by atoms with van der Waals surface area (Å²) < 4.78 is 28.2. The van der Waals surface area contributed by atoms with Gasteiger partial charge in [-0.1, -0.05) is 11.6 Å². The van der Waals surface area contributed by atoms with Crippen LogP contribution >= 0.6 is 22.9 Å². The lowest BCUT2D eigenvalue weighted by Gasteiger charge is -2.06. The average Bonchev–Trinajstić information content (AvgIpc) is 2.65. The number of likely N-dealkylation sites (N-methyl/N-ethyl adjacent to an activating group) is 1. The van der Waals surface area contributed by atoms with Gasteiger partial charge in [-0.05, 0) is 32.2 Å². The number of fused-ring (bicyclic) bond motifs is 1. The maximum Gasteiger partial charge on any atom is 0.242 e. The molecule has 4 nitrogen and oxygen atoms in total. The average molecular weight is 319 g/mol. The first kappa shape index (κ1) is 14.7. The predicted molar refractivity (Wildman–Crippen MR) is 80.7 cm³/mol. The minimum atomic E-state index is -3.50. The highest BCUT2D eigenvalue weighted by atomic mass is 35.5. The van der Waals surface area contributed by atoms with Gasteiger partial charge in [-0.15, -0.1) is 11.3 Å². The van der Waals surface area contributed by atoms with E-state index >= 15 is 0 Å². The van der Waals surface area contributed by atoms with E-state index in [-0.39, 0.29) is 0 Å². The number of nitrogens with one attached hydrogen (secondary N) is 2. The van der Waals surface area contributed by atoms with Crippen molar-refractivity contribution in [2.24, 2.45) is 0 Å². The van der Waals surface area contributed by atoms with Crippen LogP contribution in [0.2, 0.25) is 5.02 Å². The molecule has 0 atom stereocenters. The smallest absolute Gasteiger partial charge is 0.242 e. The van der Waals surface area contributed by atoms with E-state index in [1.54, 1.807) is 19.2 Å². The molecule has 2 rings (SSSR count). The van der Waals surface area contributed by atoms with E-state index in [9.17, 15) is 8.42 Å². The molecule has 0 aliphatic carbocycles. The fourth-order valence-corrected chi connectivity index (χ4v) is 4.87. The van der Waals surface area contributed by atoms with Crippen LogP contribution in [0, 0.1) is 6.92 Å². The van der Waals surface area contributed by atoms with Crippen molar-refractivity contribution in [3.05, 3.63) is 28.1 Å². The minimum absolute atomic E-state index is 0.339. The molecule has 0 amide bonds. The molecule has 0 aliphatic rings. The zero-order valence-corrected chi connectivity index (χ0v) is 13.0. The number of hydrogen-bond donors (Lipinski definition) is 2. The number of aryl methyl sites for hydroxylation is 1. The molecule has 1 aromatic heterocycles. The Labute approximate surface area is 121 Å². The van der Waals surface area contributed by atoms with Gasteiger partial charge < -0.3 is 5.32 Å². The quantitative estimate of drug-likeness (QED) is 0.832. The van der Waals surface area contributed by atoms with Gasteiger partial charge in [0.05, 0.1) is 0 Å². The molecule has 19 heavy (non-hydrogen) atoms. The van der Waals surface area contributed by atoms with E-state index in [4.69, 9.17) is 11.6 Å². The van der Waals surface area contributed by atoms with E-state index in [0.717, 1.165) is 9.58 Å². The minimum Gasteiger partial charge on any atom is -0.318 e. The number of halogens is 1. The fraction of sp³-hybridized carbons (Fsp3) is 0.333. The predicted octanol–water partition coefficient (Wildman–Crippen LogP) is 2.36. The van der Waals surface area contributed by atoms with Crippen LogP contribution in [0.1, 0.15) is 4.88 Å². The second-order valence-electron chi connectivity index (χ2n) is 4.13. The molecule has 0 aliphatic heterocycles. The molecule has 104 valence electrons. The van der Waals surface area contributed by atoms with E-state index in [2.05, 4.69) is 10.0 Å². The Bertz CT molecular complexity index is 695. The van der Waals surface area contributed by atoms with Crippen molar-refractivity contribution in [3.63, 3.8) is 0 Å². The molecule has 1 heterocycles. The highest BCUT2D eigenvalue weighted by Gasteiger charge is 2.22. The highest BCUT2D eigenvalue weighted by Crippen LogP contribution is 2.35. The normalized spacial score (nSPS) is 12.2. The molecule has 0 unspecified atom stereocenters. The topological polar surface area (TPSA) is 58.2 Å². The van der Waals surface area contributed by atoms with Gasteiger partial charge in [-0.2, -0.15) is 0 Å². The summed E-state index contributed by atoms with van der Waals surface area (Å²) in [6, 6.07) is 5.32. The summed E-state index contributed by atoms with van der Waals surface area (Å²) in [7, 11) is -1.72. The van der Waals surface area contributed by atoms with E-state index in [0.29, 0.717) is 28.4 Å². The van der Waals surface area contributed by atoms with Crippen molar-refractivity contribution < 1.29 is 8.42 Å². The van der Waals surface area contributed by atoms with Crippen molar-refractivity contribution >= 4 is 43.0 Å². The molecule has 1 aromatic carbocycles. The molecular weight excluding hydrogens is 304 g/mol. The Morgan fingerprint density at radius 3 is 2.74 bits per heavy atom. The maximum atomic E-state index is 12.3. The van der Waals surface area contributed by atoms with Crippen LogP contribution in [-0.4, -0.2) is 28.6 Å². The zero-order valence-electron chi connectivity index (χ0n) is 10.7. The summed E-state index contributed by atoms with van der Waals surface area (Å²) in [5.41, 5.74) is 0. The van der Waals surface area contributed by atoms with Gasteiger partial charge in [-0.3, -0.25) is 0 Å². The summed E-state index contributed by atoms with van der Waals surface area (Å²) in [4.78, 5) is 1.11. The van der Waals surface area contributed by atoms with Crippen molar-refractivity contribution in [2.45, 2.75) is 11.8 Å². The Morgan fingerprint density at radius 2 is 2.05 bits per heavy atom. The third kappa shape index (κ3) is 3.09. The van der Waals surface area contributed by atoms with E-state index in [1.165, 1.54) is 11.3 Å². The number of hydrogen-bond acceptors (Lipinski definition) is 4. The summed E-state index contributed by atoms with van der Waals surface area (Å²) in [5, 5.41) is 4.13. The Morgan fingerprint density at radius 1 is 1.32 bits per heavy atom. The molecule has 0 spiro atoms. The van der Waals surface area contributed by atoms with Gasteiger partial charge in [0.2, 0.25) is 10.0 Å². The summed E-state index contributed by atoms with van der Waals surface area (Å²) >= 11 is 7.42. The molecule has 0 bridgehead atoms. The number of rotatable bonds is 5. The highest BCUT2D eigenvalue weighted by molar-refractivity contribution is 7.90. The van der Waals surface area contributed by atoms with Crippen molar-refractivity contribution in [1.29, 1.82) is 0 Å². The van der Waals surface area contributed by atoms with Gasteiger partial charge in [0.1, 0.15) is 4.90 Å². The first-order chi connectivity index (χ1) is 8.95. The molecule has 2 aromatic rings. The van der Waals surface area contributed by atoms with Gasteiger partial charge in [0.25, 0.3) is 0 Å². The van der Waals surface area contributed by atoms with Crippen molar-refractivity contribution in [2.75, 3.05) is 20.1 Å². The van der Waals surface area contributed by atoms with Crippen LogP contribution in [0.15, 0.2) is 23.1 Å². The molecule has 0 saturated heterocycles. The van der Waals surface area contributed by atoms with Crippen LogP contribution in [0.4, 0.5) is 0 Å². The summed E-state index contributed by atoms with van der Waals surface area (Å²) in [6.45, 7) is 2.75. The molecule has 0 saturated carbocycles. The third-order valence-electron chi connectivity index (χ3n) is 2.70. The molecule has 7 heteroatoms. The van der Waals surface area contributed by atoms with Gasteiger partial charge in [-0.25, -0.2) is 13.1 Å². The number of thiophene rings is 1. The lowest BCUT2D eigenvalue weighted by atomic mass is 10.2. The first-order valence-corrected chi connectivity index (χ1v) is 8.46. The maximum absolute atomic E-state index is 12.3. The van der Waals surface area contributed by atoms with Gasteiger partial charge in [0, 0.05) is 33.1 Å². The first-order valence-electron chi connectivity index (χ1n) is 5.78. The van der Waals surface area contributed by atoms with Crippen LogP contribution in [0.5, 0.6) is 0 Å². The second-order valence-corrected chi connectivity index (χ2v) is 7.53. The van der Waals surface area contributed by atoms with E-state index in [1.807, 2.05) is 13.0 Å². The Hall–Kier alpha value is -0.660. The van der Waals surface area contributed by atoms with E-state index < -0.39 is 10.0 Å². The molecular formula is C12H15ClN2O2S2. The number of benzene rings is 1. The van der Waals surface area contributed by atoms with Gasteiger partial charge >= 0.3 is 0 Å². The summed E-state index contributed by atoms with van der Waals surface area (Å²) in [5.74, 6) is 0. The van der Waals surface area contributed by atoms with Crippen molar-refractivity contribution in [1.82, 2.24) is 10.0 Å². The molecule has 0 radical (unpaired) electrons. The summed E-state index contributed by atoms with van der Waals surface area (Å²) in [6.07, 6.45) is 0. The van der Waals surface area contributed by atoms with Crippen molar-refractivity contribution in [3.8, 4) is 0 Å². The van der Waals surface area contributed by atoms with Gasteiger partial charge in [0.15, 0.2) is 0 Å². The van der Waals surface area contributed by atoms with Crippen LogP contribution in [0.3, 0.4) is 0 Å². The second kappa shape index (κ2) is 5.76. The molecule has 0 fully saturated rings. The standard InChI is InChI=1S/C12H15ClN2O2S2/c1-8-12(19(16,17)15-6-5-14-2)10-7-9(13)3-4-11(10)18-8/h3-4,7,14-15H,5-6H2,1-2H3. The van der Waals surface area contributed by atoms with Crippen LogP contribution in [-0.2, 0) is 10.0 Å². The lowest BCUT2D eigenvalue weighted by Crippen LogP contribution is -2.30. The Balaban J connectivity index is 2.49. The van der Waals surface area contributed by atoms with Crippen LogP contribution in [0.25, 0.3) is 10.1 Å². The number of sulfonamides is 1. The van der Waals surface area contributed by atoms with Crippen LogP contribution < -0.4 is 10.0 Å². The Kier molecular flexibility index (Phi) is 4.47. The third-order valence-corrected chi connectivity index (χ3v) is 5.80. The zero-order chi connectivity index (χ0) is 14.0. The fourth-order valence-electron chi connectivity index (χ4n) is 1.89. The monoisotopic (exact) mass is 318 g/mol. The SMILES string of the molecule is CNCCNS(=O)(=O)c1c(C)sc2ccc(Cl)cc12. The lowest BCUT2D eigenvalue weighted by molar-refractivity contribution is 0.580.